The van der Waals surface area contributed by atoms with Crippen LogP contribution in [0.2, 0.25) is 10.0 Å². The maximum absolute atomic E-state index is 13.3. The molecule has 2 fully saturated rings. The molecule has 2 atom stereocenters. The van der Waals surface area contributed by atoms with Crippen LogP contribution in [-0.4, -0.2) is 48.4 Å². The molecule has 178 valence electrons. The minimum atomic E-state index is -0.189. The Kier molecular flexibility index (Phi) is 6.96. The first kappa shape index (κ1) is 23.4. The summed E-state index contributed by atoms with van der Waals surface area (Å²) >= 11 is 12.5. The molecule has 2 saturated heterocycles. The summed E-state index contributed by atoms with van der Waals surface area (Å²) in [6, 6.07) is 14.1. The first-order chi connectivity index (χ1) is 16.5. The molecule has 0 radical (unpaired) electrons. The standard InChI is InChI=1S/C27H27Cl2FN2O2/c28-25-3-1-2-23(26(25)29)27(33)32-15-21(24(16-32)20-10-13-34-17-20)14-31-11-8-19(9-12-31)18-4-6-22(30)7-5-18/h1-7,10,13,17,19,21,24H,8-9,11-12,14-16H2. The van der Waals surface area contributed by atoms with Gasteiger partial charge in [-0.05, 0) is 79.2 Å². The second-order valence-electron chi connectivity index (χ2n) is 9.36. The lowest BCUT2D eigenvalue weighted by molar-refractivity contribution is 0.0781. The molecule has 3 aromatic rings. The number of amides is 1. The first-order valence-corrected chi connectivity index (χ1v) is 12.5. The molecule has 34 heavy (non-hydrogen) atoms. The molecular weight excluding hydrogens is 474 g/mol. The quantitative estimate of drug-likeness (QED) is 0.403. The van der Waals surface area contributed by atoms with Crippen molar-refractivity contribution in [1.29, 1.82) is 0 Å². The van der Waals surface area contributed by atoms with Gasteiger partial charge in [0.05, 0.1) is 28.1 Å². The Morgan fingerprint density at radius 1 is 1.00 bits per heavy atom. The summed E-state index contributed by atoms with van der Waals surface area (Å²) in [5.41, 5.74) is 2.79. The van der Waals surface area contributed by atoms with Crippen molar-refractivity contribution in [3.8, 4) is 0 Å². The number of nitrogens with zero attached hydrogens (tertiary/aromatic N) is 2. The van der Waals surface area contributed by atoms with Crippen LogP contribution in [0.25, 0.3) is 0 Å². The van der Waals surface area contributed by atoms with Crippen LogP contribution in [0.5, 0.6) is 0 Å². The van der Waals surface area contributed by atoms with Crippen LogP contribution >= 0.6 is 23.2 Å². The summed E-state index contributed by atoms with van der Waals surface area (Å²) in [7, 11) is 0. The summed E-state index contributed by atoms with van der Waals surface area (Å²) in [6.45, 7) is 4.18. The third-order valence-corrected chi connectivity index (χ3v) is 8.12. The summed E-state index contributed by atoms with van der Waals surface area (Å²) < 4.78 is 18.6. The smallest absolute Gasteiger partial charge is 0.255 e. The van der Waals surface area contributed by atoms with Crippen LogP contribution in [0, 0.1) is 11.7 Å². The monoisotopic (exact) mass is 500 g/mol. The Balaban J connectivity index is 1.27. The molecule has 5 rings (SSSR count). The summed E-state index contributed by atoms with van der Waals surface area (Å²) in [5.74, 6) is 0.690. The largest absolute Gasteiger partial charge is 0.472 e. The van der Waals surface area contributed by atoms with E-state index in [1.807, 2.05) is 23.1 Å². The van der Waals surface area contributed by atoms with Gasteiger partial charge in [-0.1, -0.05) is 41.4 Å². The van der Waals surface area contributed by atoms with Crippen LogP contribution < -0.4 is 0 Å². The number of hydrogen-bond acceptors (Lipinski definition) is 3. The molecule has 0 N–H and O–H groups in total. The Morgan fingerprint density at radius 2 is 1.76 bits per heavy atom. The van der Waals surface area contributed by atoms with Gasteiger partial charge in [0.1, 0.15) is 5.82 Å². The van der Waals surface area contributed by atoms with Gasteiger partial charge >= 0.3 is 0 Å². The van der Waals surface area contributed by atoms with Crippen LogP contribution in [0.3, 0.4) is 0 Å². The first-order valence-electron chi connectivity index (χ1n) is 11.7. The van der Waals surface area contributed by atoms with E-state index in [-0.39, 0.29) is 17.6 Å². The molecule has 3 heterocycles. The average Bonchev–Trinajstić information content (AvgIpc) is 3.52. The number of hydrogen-bond donors (Lipinski definition) is 0. The fraction of sp³-hybridized carbons (Fsp3) is 0.370. The zero-order chi connectivity index (χ0) is 23.7. The van der Waals surface area contributed by atoms with Gasteiger partial charge in [0, 0.05) is 25.6 Å². The highest BCUT2D eigenvalue weighted by Crippen LogP contribution is 2.37. The van der Waals surface area contributed by atoms with Crippen molar-refractivity contribution >= 4 is 29.1 Å². The van der Waals surface area contributed by atoms with Crippen LogP contribution in [0.1, 0.15) is 46.2 Å². The average molecular weight is 501 g/mol. The van der Waals surface area contributed by atoms with Crippen molar-refractivity contribution in [1.82, 2.24) is 9.80 Å². The number of carbonyl (C=O) groups is 1. The number of carbonyl (C=O) groups excluding carboxylic acids is 1. The topological polar surface area (TPSA) is 36.7 Å². The third-order valence-electron chi connectivity index (χ3n) is 7.30. The molecule has 7 heteroatoms. The molecule has 0 bridgehead atoms. The minimum absolute atomic E-state index is 0.0847. The molecule has 1 aromatic heterocycles. The molecule has 0 saturated carbocycles. The number of piperidine rings is 1. The number of furan rings is 1. The third kappa shape index (κ3) is 4.88. The summed E-state index contributed by atoms with van der Waals surface area (Å²) in [6.07, 6.45) is 5.59. The van der Waals surface area contributed by atoms with E-state index in [4.69, 9.17) is 27.6 Å². The van der Waals surface area contributed by atoms with Crippen LogP contribution in [0.4, 0.5) is 4.39 Å². The lowest BCUT2D eigenvalue weighted by Gasteiger charge is -2.34. The van der Waals surface area contributed by atoms with E-state index >= 15 is 0 Å². The molecule has 2 unspecified atom stereocenters. The maximum atomic E-state index is 13.3. The zero-order valence-corrected chi connectivity index (χ0v) is 20.3. The molecule has 0 aliphatic carbocycles. The van der Waals surface area contributed by atoms with Gasteiger partial charge in [-0.15, -0.1) is 0 Å². The van der Waals surface area contributed by atoms with Crippen molar-refractivity contribution in [3.05, 3.63) is 93.6 Å². The Labute approximate surface area is 209 Å². The van der Waals surface area contributed by atoms with E-state index in [9.17, 15) is 9.18 Å². The minimum Gasteiger partial charge on any atom is -0.472 e. The van der Waals surface area contributed by atoms with Gasteiger partial charge in [0.2, 0.25) is 0 Å². The van der Waals surface area contributed by atoms with E-state index in [1.165, 1.54) is 5.56 Å². The van der Waals surface area contributed by atoms with Crippen molar-refractivity contribution in [2.24, 2.45) is 5.92 Å². The van der Waals surface area contributed by atoms with Crippen LogP contribution in [-0.2, 0) is 0 Å². The van der Waals surface area contributed by atoms with Crippen molar-refractivity contribution < 1.29 is 13.6 Å². The predicted molar refractivity (Wildman–Crippen MR) is 132 cm³/mol. The number of likely N-dealkylation sites (tertiary alicyclic amines) is 2. The highest BCUT2D eigenvalue weighted by molar-refractivity contribution is 6.43. The highest BCUT2D eigenvalue weighted by Gasteiger charge is 2.38. The SMILES string of the molecule is O=C(c1cccc(Cl)c1Cl)N1CC(CN2CCC(c3ccc(F)cc3)CC2)C(c2ccoc2)C1. The van der Waals surface area contributed by atoms with E-state index in [0.717, 1.165) is 38.0 Å². The van der Waals surface area contributed by atoms with E-state index < -0.39 is 0 Å². The zero-order valence-electron chi connectivity index (χ0n) is 18.8. The second kappa shape index (κ2) is 10.1. The molecule has 2 aliphatic rings. The van der Waals surface area contributed by atoms with Gasteiger partial charge in [-0.3, -0.25) is 4.79 Å². The highest BCUT2D eigenvalue weighted by atomic mass is 35.5. The second-order valence-corrected chi connectivity index (χ2v) is 10.1. The Morgan fingerprint density at radius 3 is 2.47 bits per heavy atom. The Hall–Kier alpha value is -2.34. The van der Waals surface area contributed by atoms with E-state index in [1.54, 1.807) is 42.9 Å². The molecule has 1 amide bonds. The molecule has 2 aromatic carbocycles. The summed E-state index contributed by atoms with van der Waals surface area (Å²) in [5, 5.41) is 0.694. The van der Waals surface area contributed by atoms with Gasteiger partial charge in [-0.2, -0.15) is 0 Å². The normalized spacial score (nSPS) is 21.8. The number of rotatable bonds is 5. The molecule has 4 nitrogen and oxygen atoms in total. The fourth-order valence-corrected chi connectivity index (χ4v) is 5.82. The molecule has 0 spiro atoms. The van der Waals surface area contributed by atoms with Crippen molar-refractivity contribution in [3.63, 3.8) is 0 Å². The van der Waals surface area contributed by atoms with Crippen molar-refractivity contribution in [2.75, 3.05) is 32.7 Å². The molecular formula is C27H27Cl2FN2O2. The summed E-state index contributed by atoms with van der Waals surface area (Å²) in [4.78, 5) is 17.7. The fourth-order valence-electron chi connectivity index (χ4n) is 5.44. The van der Waals surface area contributed by atoms with Gasteiger partial charge in [0.15, 0.2) is 0 Å². The van der Waals surface area contributed by atoms with Gasteiger partial charge in [-0.25, -0.2) is 4.39 Å². The van der Waals surface area contributed by atoms with Gasteiger partial charge < -0.3 is 14.2 Å². The Bertz CT molecular complexity index is 1130. The predicted octanol–water partition coefficient (Wildman–Crippen LogP) is 6.46. The van der Waals surface area contributed by atoms with Crippen LogP contribution in [0.15, 0.2) is 65.5 Å². The number of halogens is 3. The lowest BCUT2D eigenvalue weighted by Crippen LogP contribution is -2.38. The maximum Gasteiger partial charge on any atom is 0.255 e. The van der Waals surface area contributed by atoms with Crippen molar-refractivity contribution in [2.45, 2.75) is 24.7 Å². The lowest BCUT2D eigenvalue weighted by atomic mass is 9.87. The van der Waals surface area contributed by atoms with Gasteiger partial charge in [0.25, 0.3) is 5.91 Å². The number of benzene rings is 2. The molecule has 2 aliphatic heterocycles. The van der Waals surface area contributed by atoms with E-state index in [2.05, 4.69) is 4.90 Å². The van der Waals surface area contributed by atoms with E-state index in [0.29, 0.717) is 40.5 Å².